The Kier molecular flexibility index (Phi) is 5.24. The Morgan fingerprint density at radius 2 is 2.14 bits per heavy atom. The third-order valence-electron chi connectivity index (χ3n) is 4.64. The summed E-state index contributed by atoms with van der Waals surface area (Å²) >= 11 is 1.76. The molecule has 0 radical (unpaired) electrons. The van der Waals surface area contributed by atoms with Crippen molar-refractivity contribution >= 4 is 11.3 Å². The monoisotopic (exact) mass is 315 g/mol. The van der Waals surface area contributed by atoms with Crippen LogP contribution in [0.4, 0.5) is 0 Å². The Labute approximate surface area is 137 Å². The smallest absolute Gasteiger partial charge is 0.0798 e. The van der Waals surface area contributed by atoms with E-state index in [1.54, 1.807) is 11.3 Å². The molecule has 1 aliphatic heterocycles. The fourth-order valence-electron chi connectivity index (χ4n) is 3.19. The largest absolute Gasteiger partial charge is 0.309 e. The molecular formula is C18H25N3S. The summed E-state index contributed by atoms with van der Waals surface area (Å²) in [6.45, 7) is 7.66. The van der Waals surface area contributed by atoms with Crippen LogP contribution in [0.1, 0.15) is 35.9 Å². The molecule has 0 saturated carbocycles. The number of nitrogens with zero attached hydrogens (tertiary/aromatic N) is 2. The van der Waals surface area contributed by atoms with Gasteiger partial charge in [0.05, 0.1) is 11.2 Å². The lowest BCUT2D eigenvalue weighted by atomic mass is 9.97. The quantitative estimate of drug-likeness (QED) is 0.914. The summed E-state index contributed by atoms with van der Waals surface area (Å²) in [7, 11) is 0. The molecule has 1 fully saturated rings. The second kappa shape index (κ2) is 7.36. The van der Waals surface area contributed by atoms with Gasteiger partial charge in [-0.3, -0.25) is 4.90 Å². The molecular weight excluding hydrogens is 290 g/mol. The minimum absolute atomic E-state index is 0.628. The predicted molar refractivity (Wildman–Crippen MR) is 93.0 cm³/mol. The number of aromatic nitrogens is 1. The number of likely N-dealkylation sites (tertiary alicyclic amines) is 1. The molecule has 1 aliphatic rings. The van der Waals surface area contributed by atoms with Crippen molar-refractivity contribution in [1.82, 2.24) is 15.2 Å². The second-order valence-corrected chi connectivity index (χ2v) is 7.21. The van der Waals surface area contributed by atoms with Crippen molar-refractivity contribution in [2.75, 3.05) is 6.54 Å². The Bertz CT molecular complexity index is 581. The van der Waals surface area contributed by atoms with Gasteiger partial charge in [-0.2, -0.15) is 0 Å². The van der Waals surface area contributed by atoms with E-state index in [1.807, 2.05) is 5.51 Å². The van der Waals surface area contributed by atoms with E-state index < -0.39 is 0 Å². The van der Waals surface area contributed by atoms with Gasteiger partial charge >= 0.3 is 0 Å². The number of thiazole rings is 1. The molecule has 3 nitrogen and oxygen atoms in total. The van der Waals surface area contributed by atoms with Gasteiger partial charge in [-0.15, -0.1) is 11.3 Å². The molecule has 22 heavy (non-hydrogen) atoms. The number of aryl methyl sites for hydroxylation is 1. The molecule has 0 unspecified atom stereocenters. The highest BCUT2D eigenvalue weighted by Gasteiger charge is 2.25. The summed E-state index contributed by atoms with van der Waals surface area (Å²) in [5, 5.41) is 3.72. The SMILES string of the molecule is Cc1ncsc1CN[C@@H]1CCN(Cc2ccccc2)[C@H](C)C1. The first kappa shape index (κ1) is 15.7. The van der Waals surface area contributed by atoms with E-state index in [0.717, 1.165) is 13.1 Å². The first-order valence-corrected chi connectivity index (χ1v) is 9.00. The zero-order valence-corrected chi connectivity index (χ0v) is 14.3. The number of benzene rings is 1. The van der Waals surface area contributed by atoms with Crippen LogP contribution in [0.15, 0.2) is 35.8 Å². The molecule has 1 N–H and O–H groups in total. The standard InChI is InChI=1S/C18H25N3S/c1-14-10-17(19-11-18-15(2)20-13-22-18)8-9-21(14)12-16-6-4-3-5-7-16/h3-7,13-14,17,19H,8-12H2,1-2H3/t14-,17-/m1/s1. The van der Waals surface area contributed by atoms with Gasteiger partial charge in [-0.25, -0.2) is 4.98 Å². The zero-order chi connectivity index (χ0) is 15.4. The molecule has 2 heterocycles. The van der Waals surface area contributed by atoms with Gasteiger partial charge in [0, 0.05) is 36.6 Å². The fraction of sp³-hybridized carbons (Fsp3) is 0.500. The summed E-state index contributed by atoms with van der Waals surface area (Å²) < 4.78 is 0. The minimum atomic E-state index is 0.628. The highest BCUT2D eigenvalue weighted by atomic mass is 32.1. The number of piperidine rings is 1. The molecule has 0 amide bonds. The maximum atomic E-state index is 4.32. The number of rotatable bonds is 5. The lowest BCUT2D eigenvalue weighted by molar-refractivity contribution is 0.128. The maximum absolute atomic E-state index is 4.32. The van der Waals surface area contributed by atoms with Crippen molar-refractivity contribution in [2.24, 2.45) is 0 Å². The van der Waals surface area contributed by atoms with Gasteiger partial charge in [0.2, 0.25) is 0 Å². The summed E-state index contributed by atoms with van der Waals surface area (Å²) in [6.07, 6.45) is 2.46. The van der Waals surface area contributed by atoms with E-state index in [9.17, 15) is 0 Å². The Balaban J connectivity index is 1.48. The van der Waals surface area contributed by atoms with Gasteiger partial charge in [0.15, 0.2) is 0 Å². The molecule has 2 aromatic rings. The lowest BCUT2D eigenvalue weighted by Gasteiger charge is -2.38. The first-order chi connectivity index (χ1) is 10.7. The lowest BCUT2D eigenvalue weighted by Crippen LogP contribution is -2.46. The first-order valence-electron chi connectivity index (χ1n) is 8.12. The van der Waals surface area contributed by atoms with Gasteiger partial charge in [-0.1, -0.05) is 30.3 Å². The molecule has 0 aliphatic carbocycles. The normalized spacial score (nSPS) is 22.8. The molecule has 0 bridgehead atoms. The van der Waals surface area contributed by atoms with E-state index in [-0.39, 0.29) is 0 Å². The van der Waals surface area contributed by atoms with Crippen LogP contribution in [0, 0.1) is 6.92 Å². The van der Waals surface area contributed by atoms with Crippen LogP contribution < -0.4 is 5.32 Å². The molecule has 1 aromatic carbocycles. The Morgan fingerprint density at radius 1 is 1.32 bits per heavy atom. The topological polar surface area (TPSA) is 28.2 Å². The van der Waals surface area contributed by atoms with Crippen molar-refractivity contribution in [3.05, 3.63) is 52.0 Å². The van der Waals surface area contributed by atoms with Gasteiger partial charge in [0.1, 0.15) is 0 Å². The highest BCUT2D eigenvalue weighted by molar-refractivity contribution is 7.09. The van der Waals surface area contributed by atoms with Crippen LogP contribution in [0.3, 0.4) is 0 Å². The van der Waals surface area contributed by atoms with Crippen LogP contribution in [0.25, 0.3) is 0 Å². The van der Waals surface area contributed by atoms with Crippen LogP contribution in [-0.2, 0) is 13.1 Å². The minimum Gasteiger partial charge on any atom is -0.309 e. The highest BCUT2D eigenvalue weighted by Crippen LogP contribution is 2.21. The molecule has 4 heteroatoms. The Morgan fingerprint density at radius 3 is 2.82 bits per heavy atom. The van der Waals surface area contributed by atoms with Crippen LogP contribution in [-0.4, -0.2) is 28.5 Å². The third kappa shape index (κ3) is 3.94. The molecule has 0 spiro atoms. The number of hydrogen-bond acceptors (Lipinski definition) is 4. The van der Waals surface area contributed by atoms with Crippen molar-refractivity contribution < 1.29 is 0 Å². The van der Waals surface area contributed by atoms with Crippen LogP contribution >= 0.6 is 11.3 Å². The number of hydrogen-bond donors (Lipinski definition) is 1. The van der Waals surface area contributed by atoms with Crippen molar-refractivity contribution in [2.45, 2.75) is 51.9 Å². The van der Waals surface area contributed by atoms with E-state index >= 15 is 0 Å². The van der Waals surface area contributed by atoms with Crippen LogP contribution in [0.2, 0.25) is 0 Å². The maximum Gasteiger partial charge on any atom is 0.0798 e. The van der Waals surface area contributed by atoms with E-state index in [0.29, 0.717) is 12.1 Å². The summed E-state index contributed by atoms with van der Waals surface area (Å²) in [6, 6.07) is 12.1. The van der Waals surface area contributed by atoms with E-state index in [2.05, 4.69) is 59.4 Å². The molecule has 3 rings (SSSR count). The zero-order valence-electron chi connectivity index (χ0n) is 13.5. The third-order valence-corrected chi connectivity index (χ3v) is 5.57. The van der Waals surface area contributed by atoms with Crippen molar-refractivity contribution in [3.63, 3.8) is 0 Å². The average molecular weight is 315 g/mol. The van der Waals surface area contributed by atoms with Gasteiger partial charge in [-0.05, 0) is 32.3 Å². The summed E-state index contributed by atoms with van der Waals surface area (Å²) in [5.74, 6) is 0. The van der Waals surface area contributed by atoms with Crippen LogP contribution in [0.5, 0.6) is 0 Å². The summed E-state index contributed by atoms with van der Waals surface area (Å²) in [4.78, 5) is 8.30. The molecule has 118 valence electrons. The average Bonchev–Trinajstić information content (AvgIpc) is 2.94. The molecule has 1 aromatic heterocycles. The summed E-state index contributed by atoms with van der Waals surface area (Å²) in [5.41, 5.74) is 4.53. The van der Waals surface area contributed by atoms with E-state index in [4.69, 9.17) is 0 Å². The predicted octanol–water partition coefficient (Wildman–Crippen LogP) is 3.59. The number of nitrogens with one attached hydrogen (secondary N) is 1. The fourth-order valence-corrected chi connectivity index (χ4v) is 3.92. The van der Waals surface area contributed by atoms with Gasteiger partial charge in [0.25, 0.3) is 0 Å². The second-order valence-electron chi connectivity index (χ2n) is 6.27. The van der Waals surface area contributed by atoms with Crippen molar-refractivity contribution in [1.29, 1.82) is 0 Å². The van der Waals surface area contributed by atoms with Gasteiger partial charge < -0.3 is 5.32 Å². The van der Waals surface area contributed by atoms with E-state index in [1.165, 1.54) is 35.5 Å². The van der Waals surface area contributed by atoms with Crippen molar-refractivity contribution in [3.8, 4) is 0 Å². The molecule has 2 atom stereocenters. The Hall–Kier alpha value is -1.23. The molecule has 1 saturated heterocycles.